The van der Waals surface area contributed by atoms with E-state index in [1.165, 1.54) is 6.08 Å². The summed E-state index contributed by atoms with van der Waals surface area (Å²) in [5.41, 5.74) is 1.61. The number of carbonyl (C=O) groups excluding carboxylic acids is 2. The highest BCUT2D eigenvalue weighted by Crippen LogP contribution is 2.33. The van der Waals surface area contributed by atoms with Gasteiger partial charge in [-0.05, 0) is 46.9 Å². The summed E-state index contributed by atoms with van der Waals surface area (Å²) in [6, 6.07) is 12.0. The first kappa shape index (κ1) is 18.5. The molecule has 6 heteroatoms. The molecule has 1 aliphatic rings. The maximum absolute atomic E-state index is 12.4. The van der Waals surface area contributed by atoms with E-state index in [0.717, 1.165) is 5.56 Å². The standard InChI is InChI=1S/C21H21NO5/c1-21(2,3)15-7-5-14(6-8-15)19(23)22-16(20(24)25)10-13-4-9-17-18(11-13)27-12-26-17/h4-11H,12H2,1-3H3,(H,22,23)(H,24,25)/p-1/b16-10-. The van der Waals surface area contributed by atoms with Crippen molar-refractivity contribution >= 4 is 18.0 Å². The Balaban J connectivity index is 1.80. The molecule has 140 valence electrons. The number of hydrogen-bond acceptors (Lipinski definition) is 5. The molecule has 3 rings (SSSR count). The molecule has 0 bridgehead atoms. The minimum Gasteiger partial charge on any atom is -0.543 e. The average Bonchev–Trinajstić information content (AvgIpc) is 3.08. The molecule has 1 amide bonds. The number of nitrogens with one attached hydrogen (secondary N) is 1. The van der Waals surface area contributed by atoms with E-state index in [9.17, 15) is 14.7 Å². The summed E-state index contributed by atoms with van der Waals surface area (Å²) < 4.78 is 10.5. The van der Waals surface area contributed by atoms with Crippen LogP contribution in [0.15, 0.2) is 48.2 Å². The topological polar surface area (TPSA) is 87.7 Å². The number of carboxylic acids is 1. The van der Waals surface area contributed by atoms with Crippen molar-refractivity contribution in [3.05, 3.63) is 64.9 Å². The molecule has 0 radical (unpaired) electrons. The monoisotopic (exact) mass is 366 g/mol. The van der Waals surface area contributed by atoms with Gasteiger partial charge in [-0.2, -0.15) is 0 Å². The Bertz CT molecular complexity index is 907. The van der Waals surface area contributed by atoms with E-state index in [-0.39, 0.29) is 17.9 Å². The van der Waals surface area contributed by atoms with Gasteiger partial charge in [-0.25, -0.2) is 0 Å². The fraction of sp³-hybridized carbons (Fsp3) is 0.238. The van der Waals surface area contributed by atoms with Gasteiger partial charge in [-0.3, -0.25) is 4.79 Å². The first-order chi connectivity index (χ1) is 12.7. The molecule has 0 aliphatic carbocycles. The first-order valence-corrected chi connectivity index (χ1v) is 8.48. The van der Waals surface area contributed by atoms with Crippen molar-refractivity contribution in [2.75, 3.05) is 6.79 Å². The Kier molecular flexibility index (Phi) is 4.90. The number of benzene rings is 2. The van der Waals surface area contributed by atoms with Gasteiger partial charge in [-0.1, -0.05) is 39.0 Å². The van der Waals surface area contributed by atoms with Crippen molar-refractivity contribution < 1.29 is 24.2 Å². The van der Waals surface area contributed by atoms with E-state index in [4.69, 9.17) is 9.47 Å². The molecule has 2 aromatic rings. The predicted molar refractivity (Wildman–Crippen MR) is 98.2 cm³/mol. The van der Waals surface area contributed by atoms with Crippen LogP contribution in [0.4, 0.5) is 0 Å². The van der Waals surface area contributed by atoms with Crippen LogP contribution in [0.1, 0.15) is 42.3 Å². The van der Waals surface area contributed by atoms with Gasteiger partial charge in [0.05, 0.1) is 11.7 Å². The van der Waals surface area contributed by atoms with E-state index in [1.54, 1.807) is 30.3 Å². The third-order valence-electron chi connectivity index (χ3n) is 4.19. The molecular formula is C21H20NO5-. The molecule has 0 saturated heterocycles. The van der Waals surface area contributed by atoms with Crippen molar-refractivity contribution in [2.24, 2.45) is 0 Å². The van der Waals surface area contributed by atoms with Crippen molar-refractivity contribution in [3.63, 3.8) is 0 Å². The third-order valence-corrected chi connectivity index (χ3v) is 4.19. The number of aliphatic carboxylic acids is 1. The summed E-state index contributed by atoms with van der Waals surface area (Å²) in [4.78, 5) is 23.9. The number of fused-ring (bicyclic) bond motifs is 1. The van der Waals surface area contributed by atoms with Gasteiger partial charge >= 0.3 is 0 Å². The number of amides is 1. The summed E-state index contributed by atoms with van der Waals surface area (Å²) in [6.07, 6.45) is 1.32. The second-order valence-electron chi connectivity index (χ2n) is 7.24. The van der Waals surface area contributed by atoms with Gasteiger partial charge in [0.15, 0.2) is 11.5 Å². The van der Waals surface area contributed by atoms with Gasteiger partial charge in [0.25, 0.3) is 5.91 Å². The highest BCUT2D eigenvalue weighted by atomic mass is 16.7. The van der Waals surface area contributed by atoms with Crippen molar-refractivity contribution in [1.29, 1.82) is 0 Å². The minimum absolute atomic E-state index is 0.0373. The van der Waals surface area contributed by atoms with Crippen LogP contribution in [-0.4, -0.2) is 18.7 Å². The van der Waals surface area contributed by atoms with Crippen LogP contribution in [0.5, 0.6) is 11.5 Å². The minimum atomic E-state index is -1.48. The molecule has 0 spiro atoms. The molecule has 2 aromatic carbocycles. The average molecular weight is 366 g/mol. The summed E-state index contributed by atoms with van der Waals surface area (Å²) in [7, 11) is 0. The molecule has 6 nitrogen and oxygen atoms in total. The smallest absolute Gasteiger partial charge is 0.255 e. The lowest BCUT2D eigenvalue weighted by molar-refractivity contribution is -0.299. The van der Waals surface area contributed by atoms with Gasteiger partial charge in [0.2, 0.25) is 6.79 Å². The van der Waals surface area contributed by atoms with E-state index in [0.29, 0.717) is 22.6 Å². The summed E-state index contributed by atoms with van der Waals surface area (Å²) >= 11 is 0. The third kappa shape index (κ3) is 4.28. The second kappa shape index (κ2) is 7.15. The number of carbonyl (C=O) groups is 2. The zero-order valence-electron chi connectivity index (χ0n) is 15.4. The SMILES string of the molecule is CC(C)(C)c1ccc(C(=O)N/C(=C\c2ccc3c(c2)OCO3)C(=O)[O-])cc1. The molecule has 0 fully saturated rings. The van der Waals surface area contributed by atoms with E-state index >= 15 is 0 Å². The van der Waals surface area contributed by atoms with Crippen LogP contribution >= 0.6 is 0 Å². The molecule has 1 heterocycles. The van der Waals surface area contributed by atoms with E-state index < -0.39 is 11.9 Å². The Morgan fingerprint density at radius 1 is 1.04 bits per heavy atom. The first-order valence-electron chi connectivity index (χ1n) is 8.48. The van der Waals surface area contributed by atoms with Crippen molar-refractivity contribution in [2.45, 2.75) is 26.2 Å². The maximum atomic E-state index is 12.4. The van der Waals surface area contributed by atoms with Gasteiger partial charge < -0.3 is 24.7 Å². The highest BCUT2D eigenvalue weighted by Gasteiger charge is 2.16. The molecular weight excluding hydrogens is 346 g/mol. The van der Waals surface area contributed by atoms with Crippen LogP contribution in [-0.2, 0) is 10.2 Å². The molecule has 0 unspecified atom stereocenters. The number of hydrogen-bond donors (Lipinski definition) is 1. The lowest BCUT2D eigenvalue weighted by atomic mass is 9.87. The Labute approximate surface area is 157 Å². The molecule has 0 aromatic heterocycles. The van der Waals surface area contributed by atoms with Crippen molar-refractivity contribution in [3.8, 4) is 11.5 Å². The van der Waals surface area contributed by atoms with Crippen LogP contribution < -0.4 is 19.9 Å². The van der Waals surface area contributed by atoms with Gasteiger partial charge in [0.1, 0.15) is 0 Å². The quantitative estimate of drug-likeness (QED) is 0.839. The van der Waals surface area contributed by atoms with E-state index in [1.807, 2.05) is 12.1 Å². The Morgan fingerprint density at radius 3 is 2.33 bits per heavy atom. The Morgan fingerprint density at radius 2 is 1.70 bits per heavy atom. The van der Waals surface area contributed by atoms with Gasteiger partial charge in [0, 0.05) is 5.56 Å². The summed E-state index contributed by atoms with van der Waals surface area (Å²) in [5.74, 6) is -0.894. The molecule has 1 aliphatic heterocycles. The number of carboxylic acid groups (broad SMARTS) is 1. The molecule has 0 atom stereocenters. The Hall–Kier alpha value is -3.28. The lowest BCUT2D eigenvalue weighted by Crippen LogP contribution is -2.35. The largest absolute Gasteiger partial charge is 0.543 e. The van der Waals surface area contributed by atoms with Crippen LogP contribution in [0.2, 0.25) is 0 Å². The van der Waals surface area contributed by atoms with Gasteiger partial charge in [-0.15, -0.1) is 0 Å². The molecule has 1 N–H and O–H groups in total. The zero-order valence-corrected chi connectivity index (χ0v) is 15.4. The molecule has 0 saturated carbocycles. The summed E-state index contributed by atoms with van der Waals surface area (Å²) in [5, 5.41) is 13.8. The highest BCUT2D eigenvalue weighted by molar-refractivity contribution is 6.02. The summed E-state index contributed by atoms with van der Waals surface area (Å²) in [6.45, 7) is 6.34. The van der Waals surface area contributed by atoms with Crippen LogP contribution in [0.3, 0.4) is 0 Å². The van der Waals surface area contributed by atoms with Crippen LogP contribution in [0, 0.1) is 0 Å². The fourth-order valence-corrected chi connectivity index (χ4v) is 2.63. The van der Waals surface area contributed by atoms with Crippen LogP contribution in [0.25, 0.3) is 6.08 Å². The maximum Gasteiger partial charge on any atom is 0.255 e. The van der Waals surface area contributed by atoms with E-state index in [2.05, 4.69) is 26.1 Å². The number of ether oxygens (including phenoxy) is 2. The molecule has 27 heavy (non-hydrogen) atoms. The zero-order chi connectivity index (χ0) is 19.6. The van der Waals surface area contributed by atoms with Crippen molar-refractivity contribution in [1.82, 2.24) is 5.32 Å². The lowest BCUT2D eigenvalue weighted by Gasteiger charge is -2.19. The second-order valence-corrected chi connectivity index (χ2v) is 7.24. The predicted octanol–water partition coefficient (Wildman–Crippen LogP) is 2.23. The fourth-order valence-electron chi connectivity index (χ4n) is 2.63. The normalized spacial score (nSPS) is 13.4. The number of rotatable bonds is 4.